The lowest BCUT2D eigenvalue weighted by Crippen LogP contribution is -2.35. The van der Waals surface area contributed by atoms with E-state index in [1.54, 1.807) is 36.4 Å². The van der Waals surface area contributed by atoms with Gasteiger partial charge in [-0.2, -0.15) is 0 Å². The summed E-state index contributed by atoms with van der Waals surface area (Å²) in [5.41, 5.74) is 0.471. The molecule has 1 aliphatic rings. The monoisotopic (exact) mass is 472 g/mol. The number of aliphatic hydroxyl groups excluding tert-OH is 1. The first-order valence-electron chi connectivity index (χ1n) is 9.52. The quantitative estimate of drug-likeness (QED) is 0.591. The fraction of sp³-hybridized carbons (Fsp3) is 0.381. The van der Waals surface area contributed by atoms with E-state index in [0.717, 1.165) is 13.0 Å². The van der Waals surface area contributed by atoms with Gasteiger partial charge in [0.1, 0.15) is 30.3 Å². The molecule has 2 aromatic carbocycles. The molecule has 1 heterocycles. The van der Waals surface area contributed by atoms with Gasteiger partial charge >= 0.3 is 0 Å². The van der Waals surface area contributed by atoms with E-state index in [0.29, 0.717) is 45.3 Å². The number of aliphatic hydroxyl groups is 1. The second kappa shape index (κ2) is 10.6. The Hall–Kier alpha value is -1.70. The summed E-state index contributed by atoms with van der Waals surface area (Å²) in [6, 6.07) is 10.1. The summed E-state index contributed by atoms with van der Waals surface area (Å²) >= 11 is 17.9. The van der Waals surface area contributed by atoms with Crippen molar-refractivity contribution in [2.45, 2.75) is 25.6 Å². The average molecular weight is 474 g/mol. The van der Waals surface area contributed by atoms with Crippen molar-refractivity contribution in [3.63, 3.8) is 0 Å². The summed E-state index contributed by atoms with van der Waals surface area (Å²) in [5, 5.41) is 14.5. The minimum atomic E-state index is -0.699. The fourth-order valence-corrected chi connectivity index (χ4v) is 3.71. The predicted octanol–water partition coefficient (Wildman–Crippen LogP) is 4.50. The van der Waals surface area contributed by atoms with E-state index in [9.17, 15) is 9.90 Å². The molecule has 0 radical (unpaired) electrons. The van der Waals surface area contributed by atoms with E-state index < -0.39 is 6.10 Å². The molecule has 30 heavy (non-hydrogen) atoms. The van der Waals surface area contributed by atoms with Gasteiger partial charge < -0.3 is 19.9 Å². The normalized spacial score (nSPS) is 17.6. The van der Waals surface area contributed by atoms with Crippen LogP contribution >= 0.6 is 34.8 Å². The largest absolute Gasteiger partial charge is 0.489 e. The minimum absolute atomic E-state index is 0.0120. The van der Waals surface area contributed by atoms with Gasteiger partial charge in [0.25, 0.3) is 0 Å². The van der Waals surface area contributed by atoms with Crippen LogP contribution in [0, 0.1) is 0 Å². The summed E-state index contributed by atoms with van der Waals surface area (Å²) < 4.78 is 11.7. The number of carbonyl (C=O) groups excluding carboxylic acids is 1. The van der Waals surface area contributed by atoms with Crippen LogP contribution in [-0.4, -0.2) is 54.4 Å². The van der Waals surface area contributed by atoms with Crippen molar-refractivity contribution in [1.82, 2.24) is 4.90 Å². The molecule has 0 aromatic heterocycles. The standard InChI is InChI=1S/C21H23Cl3N2O4/c1-13(27)25-20-8-14(22)2-5-21(20)29-12-15(28)10-26-7-6-17(11-26)30-16-3-4-18(23)19(24)9-16/h2-5,8-9,15,17,28H,6-7,10-12H2,1H3,(H,25,27). The summed E-state index contributed by atoms with van der Waals surface area (Å²) in [6.07, 6.45) is 0.157. The zero-order valence-electron chi connectivity index (χ0n) is 16.4. The van der Waals surface area contributed by atoms with Crippen molar-refractivity contribution in [3.8, 4) is 11.5 Å². The second-order valence-corrected chi connectivity index (χ2v) is 8.40. The molecule has 3 rings (SSSR count). The number of hydrogen-bond donors (Lipinski definition) is 2. The van der Waals surface area contributed by atoms with Gasteiger partial charge in [-0.15, -0.1) is 0 Å². The molecule has 162 valence electrons. The highest BCUT2D eigenvalue weighted by molar-refractivity contribution is 6.42. The number of ether oxygens (including phenoxy) is 2. The van der Waals surface area contributed by atoms with Gasteiger partial charge in [0.2, 0.25) is 5.91 Å². The molecule has 0 aliphatic carbocycles. The van der Waals surface area contributed by atoms with E-state index >= 15 is 0 Å². The lowest BCUT2D eigenvalue weighted by atomic mass is 10.3. The molecule has 0 saturated carbocycles. The van der Waals surface area contributed by atoms with Crippen LogP contribution in [0.2, 0.25) is 15.1 Å². The highest BCUT2D eigenvalue weighted by Crippen LogP contribution is 2.29. The van der Waals surface area contributed by atoms with E-state index in [-0.39, 0.29) is 18.6 Å². The molecule has 1 fully saturated rings. The lowest BCUT2D eigenvalue weighted by molar-refractivity contribution is -0.114. The smallest absolute Gasteiger partial charge is 0.221 e. The SMILES string of the molecule is CC(=O)Nc1cc(Cl)ccc1OCC(O)CN1CCC(Oc2ccc(Cl)c(Cl)c2)C1. The topological polar surface area (TPSA) is 71.0 Å². The van der Waals surface area contributed by atoms with E-state index in [1.165, 1.54) is 6.92 Å². The third-order valence-electron chi connectivity index (χ3n) is 4.58. The van der Waals surface area contributed by atoms with E-state index in [4.69, 9.17) is 44.3 Å². The Morgan fingerprint density at radius 1 is 1.23 bits per heavy atom. The Labute approximate surface area is 190 Å². The zero-order chi connectivity index (χ0) is 21.7. The molecule has 2 N–H and O–H groups in total. The average Bonchev–Trinajstić information content (AvgIpc) is 3.10. The maximum Gasteiger partial charge on any atom is 0.221 e. The number of β-amino-alcohol motifs (C(OH)–C–C–N with tert-alkyl or cyclic N) is 1. The molecule has 2 aromatic rings. The van der Waals surface area contributed by atoms with Crippen LogP contribution in [0.5, 0.6) is 11.5 Å². The third kappa shape index (κ3) is 6.65. The Morgan fingerprint density at radius 3 is 2.77 bits per heavy atom. The third-order valence-corrected chi connectivity index (χ3v) is 5.55. The van der Waals surface area contributed by atoms with Crippen molar-refractivity contribution in [2.75, 3.05) is 31.6 Å². The number of hydrogen-bond acceptors (Lipinski definition) is 5. The number of rotatable bonds is 8. The first kappa shape index (κ1) is 23.0. The van der Waals surface area contributed by atoms with Gasteiger partial charge in [-0.1, -0.05) is 34.8 Å². The maximum atomic E-state index is 11.4. The number of likely N-dealkylation sites (tertiary alicyclic amines) is 1. The van der Waals surface area contributed by atoms with Gasteiger partial charge in [0.05, 0.1) is 15.7 Å². The predicted molar refractivity (Wildman–Crippen MR) is 119 cm³/mol. The van der Waals surface area contributed by atoms with Gasteiger partial charge in [0.15, 0.2) is 0 Å². The number of amides is 1. The maximum absolute atomic E-state index is 11.4. The Bertz CT molecular complexity index is 897. The van der Waals surface area contributed by atoms with Crippen LogP contribution in [0.15, 0.2) is 36.4 Å². The van der Waals surface area contributed by atoms with Crippen molar-refractivity contribution < 1.29 is 19.4 Å². The molecule has 2 unspecified atom stereocenters. The van der Waals surface area contributed by atoms with Crippen LogP contribution in [0.25, 0.3) is 0 Å². The molecule has 1 aliphatic heterocycles. The number of anilines is 1. The van der Waals surface area contributed by atoms with Crippen LogP contribution in [0.3, 0.4) is 0 Å². The molecular formula is C21H23Cl3N2O4. The summed E-state index contributed by atoms with van der Waals surface area (Å²) in [6.45, 7) is 3.44. The number of nitrogens with one attached hydrogen (secondary N) is 1. The molecule has 9 heteroatoms. The number of nitrogens with zero attached hydrogens (tertiary/aromatic N) is 1. The van der Waals surface area contributed by atoms with Crippen molar-refractivity contribution in [2.24, 2.45) is 0 Å². The number of halogens is 3. The Morgan fingerprint density at radius 2 is 2.03 bits per heavy atom. The highest BCUT2D eigenvalue weighted by atomic mass is 35.5. The first-order valence-corrected chi connectivity index (χ1v) is 10.7. The number of carbonyl (C=O) groups is 1. The molecule has 6 nitrogen and oxygen atoms in total. The fourth-order valence-electron chi connectivity index (χ4n) is 3.25. The summed E-state index contributed by atoms with van der Waals surface area (Å²) in [5.74, 6) is 0.900. The molecule has 1 saturated heterocycles. The van der Waals surface area contributed by atoms with Crippen molar-refractivity contribution >= 4 is 46.4 Å². The Kier molecular flexibility index (Phi) is 8.08. The zero-order valence-corrected chi connectivity index (χ0v) is 18.7. The van der Waals surface area contributed by atoms with Crippen LogP contribution in [0.4, 0.5) is 5.69 Å². The van der Waals surface area contributed by atoms with Crippen LogP contribution < -0.4 is 14.8 Å². The minimum Gasteiger partial charge on any atom is -0.489 e. The highest BCUT2D eigenvalue weighted by Gasteiger charge is 2.26. The Balaban J connectivity index is 1.47. The molecule has 2 atom stereocenters. The second-order valence-electron chi connectivity index (χ2n) is 7.15. The summed E-state index contributed by atoms with van der Waals surface area (Å²) in [4.78, 5) is 13.5. The molecule has 1 amide bonds. The van der Waals surface area contributed by atoms with Crippen molar-refractivity contribution in [1.29, 1.82) is 0 Å². The van der Waals surface area contributed by atoms with Gasteiger partial charge in [0, 0.05) is 37.6 Å². The summed E-state index contributed by atoms with van der Waals surface area (Å²) in [7, 11) is 0. The van der Waals surface area contributed by atoms with Crippen LogP contribution in [0.1, 0.15) is 13.3 Å². The molecule has 0 bridgehead atoms. The van der Waals surface area contributed by atoms with E-state index in [1.807, 2.05) is 0 Å². The first-order chi connectivity index (χ1) is 14.3. The van der Waals surface area contributed by atoms with Gasteiger partial charge in [-0.05, 0) is 36.8 Å². The lowest BCUT2D eigenvalue weighted by Gasteiger charge is -2.21. The number of benzene rings is 2. The van der Waals surface area contributed by atoms with E-state index in [2.05, 4.69) is 10.2 Å². The molecular weight excluding hydrogens is 451 g/mol. The molecule has 0 spiro atoms. The van der Waals surface area contributed by atoms with Crippen molar-refractivity contribution in [3.05, 3.63) is 51.5 Å². The van der Waals surface area contributed by atoms with Crippen LogP contribution in [-0.2, 0) is 4.79 Å². The van der Waals surface area contributed by atoms with Gasteiger partial charge in [-0.3, -0.25) is 9.69 Å². The van der Waals surface area contributed by atoms with Gasteiger partial charge in [-0.25, -0.2) is 0 Å².